The minimum absolute atomic E-state index is 0.0310. The predicted octanol–water partition coefficient (Wildman–Crippen LogP) is 6.66. The number of hydrogen-bond acceptors (Lipinski definition) is 5. The van der Waals surface area contributed by atoms with E-state index in [1.807, 2.05) is 49.4 Å². The van der Waals surface area contributed by atoms with Crippen LogP contribution in [0.1, 0.15) is 61.0 Å². The van der Waals surface area contributed by atoms with E-state index in [9.17, 15) is 13.2 Å². The third-order valence-corrected chi connectivity index (χ3v) is 10.3. The second-order valence-electron chi connectivity index (χ2n) is 9.69. The number of aromatic nitrogens is 1. The molecule has 1 atom stereocenters. The van der Waals surface area contributed by atoms with Crippen molar-refractivity contribution in [3.8, 4) is 0 Å². The molecular formula is C30H33N3O3S2. The highest BCUT2D eigenvalue weighted by molar-refractivity contribution is 7.89. The third kappa shape index (κ3) is 5.25. The van der Waals surface area contributed by atoms with Gasteiger partial charge in [0.05, 0.1) is 21.7 Å². The quantitative estimate of drug-likeness (QED) is 0.247. The summed E-state index contributed by atoms with van der Waals surface area (Å²) >= 11 is 1.50. The molecule has 0 aliphatic carbocycles. The van der Waals surface area contributed by atoms with E-state index in [0.717, 1.165) is 53.4 Å². The molecule has 6 nitrogen and oxygen atoms in total. The van der Waals surface area contributed by atoms with E-state index >= 15 is 0 Å². The number of para-hydroxylation sites is 1. The number of hydrogen-bond donors (Lipinski definition) is 0. The molecule has 1 amide bonds. The maximum Gasteiger partial charge on any atom is 0.260 e. The zero-order valence-electron chi connectivity index (χ0n) is 21.8. The number of fused-ring (bicyclic) bond motifs is 1. The standard InChI is InChI=1S/C30H33N3O3S2/c1-3-23-13-10-15-27-28(23)31-30(37-27)32(21-22-11-6-5-7-12-22)29(34)24-16-18-26(19-17-24)38(35,36)33-20-9-8-14-25(33)4-2/h5-7,10-13,15-19,25H,3-4,8-9,14,20-21H2,1-2H3. The van der Waals surface area contributed by atoms with E-state index in [-0.39, 0.29) is 16.8 Å². The maximum absolute atomic E-state index is 13.9. The molecule has 0 spiro atoms. The number of nitrogens with zero attached hydrogens (tertiary/aromatic N) is 3. The first-order chi connectivity index (χ1) is 18.4. The average molecular weight is 548 g/mol. The van der Waals surface area contributed by atoms with Crippen LogP contribution in [0.5, 0.6) is 0 Å². The fraction of sp³-hybridized carbons (Fsp3) is 0.333. The monoisotopic (exact) mass is 547 g/mol. The lowest BCUT2D eigenvalue weighted by Gasteiger charge is -2.34. The summed E-state index contributed by atoms with van der Waals surface area (Å²) < 4.78 is 29.5. The highest BCUT2D eigenvalue weighted by Gasteiger charge is 2.32. The van der Waals surface area contributed by atoms with Crippen molar-refractivity contribution in [2.75, 3.05) is 11.4 Å². The fourth-order valence-corrected chi connectivity index (χ4v) is 7.92. The second-order valence-corrected chi connectivity index (χ2v) is 12.6. The molecule has 0 radical (unpaired) electrons. The summed E-state index contributed by atoms with van der Waals surface area (Å²) in [6.07, 6.45) is 4.48. The number of anilines is 1. The predicted molar refractivity (Wildman–Crippen MR) is 154 cm³/mol. The van der Waals surface area contributed by atoms with Gasteiger partial charge in [-0.25, -0.2) is 13.4 Å². The highest BCUT2D eigenvalue weighted by Crippen LogP contribution is 2.33. The molecule has 1 aliphatic heterocycles. The molecule has 1 fully saturated rings. The minimum atomic E-state index is -3.61. The van der Waals surface area contributed by atoms with Crippen molar-refractivity contribution >= 4 is 42.6 Å². The largest absolute Gasteiger partial charge is 0.279 e. The Hall–Kier alpha value is -3.07. The zero-order valence-corrected chi connectivity index (χ0v) is 23.5. The van der Waals surface area contributed by atoms with E-state index in [4.69, 9.17) is 4.98 Å². The van der Waals surface area contributed by atoms with Crippen LogP contribution in [0, 0.1) is 0 Å². The van der Waals surface area contributed by atoms with Crippen molar-refractivity contribution in [2.24, 2.45) is 0 Å². The van der Waals surface area contributed by atoms with Gasteiger partial charge in [-0.1, -0.05) is 74.1 Å². The molecule has 1 saturated heterocycles. The molecule has 5 rings (SSSR count). The van der Waals surface area contributed by atoms with Crippen molar-refractivity contribution < 1.29 is 13.2 Å². The van der Waals surface area contributed by atoms with Gasteiger partial charge >= 0.3 is 0 Å². The zero-order chi connectivity index (χ0) is 26.7. The van der Waals surface area contributed by atoms with E-state index in [1.54, 1.807) is 33.5 Å². The van der Waals surface area contributed by atoms with Gasteiger partial charge in [-0.15, -0.1) is 0 Å². The molecule has 1 unspecified atom stereocenters. The Morgan fingerprint density at radius 3 is 2.47 bits per heavy atom. The minimum Gasteiger partial charge on any atom is -0.279 e. The fourth-order valence-electron chi connectivity index (χ4n) is 5.15. The highest BCUT2D eigenvalue weighted by atomic mass is 32.2. The summed E-state index contributed by atoms with van der Waals surface area (Å²) in [5.41, 5.74) is 3.50. The molecule has 0 bridgehead atoms. The molecule has 4 aromatic rings. The summed E-state index contributed by atoms with van der Waals surface area (Å²) in [5.74, 6) is -0.209. The van der Waals surface area contributed by atoms with Gasteiger partial charge in [-0.2, -0.15) is 4.31 Å². The van der Waals surface area contributed by atoms with Gasteiger partial charge in [-0.05, 0) is 67.1 Å². The molecule has 1 aromatic heterocycles. The van der Waals surface area contributed by atoms with Crippen molar-refractivity contribution in [3.63, 3.8) is 0 Å². The first-order valence-electron chi connectivity index (χ1n) is 13.3. The van der Waals surface area contributed by atoms with Crippen molar-refractivity contribution in [3.05, 3.63) is 89.5 Å². The van der Waals surface area contributed by atoms with Gasteiger partial charge in [0.1, 0.15) is 0 Å². The molecule has 0 saturated carbocycles. The molecule has 3 aromatic carbocycles. The van der Waals surface area contributed by atoms with Crippen LogP contribution in [0.3, 0.4) is 0 Å². The van der Waals surface area contributed by atoms with Crippen molar-refractivity contribution in [1.29, 1.82) is 0 Å². The number of piperidine rings is 1. The summed E-state index contributed by atoms with van der Waals surface area (Å²) in [6.45, 7) is 5.05. The molecule has 38 heavy (non-hydrogen) atoms. The molecule has 2 heterocycles. The summed E-state index contributed by atoms with van der Waals surface area (Å²) in [6, 6.07) is 22.4. The van der Waals surface area contributed by atoms with Gasteiger partial charge in [0.15, 0.2) is 5.13 Å². The van der Waals surface area contributed by atoms with Crippen molar-refractivity contribution in [2.45, 2.75) is 63.4 Å². The Bertz CT molecular complexity index is 1520. The topological polar surface area (TPSA) is 70.6 Å². The third-order valence-electron chi connectivity index (χ3n) is 7.28. The lowest BCUT2D eigenvalue weighted by atomic mass is 10.0. The molecule has 8 heteroatoms. The van der Waals surface area contributed by atoms with Crippen LogP contribution in [0.2, 0.25) is 0 Å². The van der Waals surface area contributed by atoms with Crippen LogP contribution in [0.4, 0.5) is 5.13 Å². The first kappa shape index (κ1) is 26.5. The molecule has 0 N–H and O–H groups in total. The summed E-state index contributed by atoms with van der Waals surface area (Å²) in [5, 5.41) is 0.630. The number of aryl methyl sites for hydroxylation is 1. The number of amides is 1. The lowest BCUT2D eigenvalue weighted by Crippen LogP contribution is -2.43. The lowest BCUT2D eigenvalue weighted by molar-refractivity contribution is 0.0985. The van der Waals surface area contributed by atoms with Gasteiger partial charge in [0.2, 0.25) is 10.0 Å². The molecular weight excluding hydrogens is 514 g/mol. The van der Waals surface area contributed by atoms with Crippen LogP contribution in [-0.2, 0) is 23.0 Å². The Morgan fingerprint density at radius 2 is 1.76 bits per heavy atom. The van der Waals surface area contributed by atoms with E-state index in [1.165, 1.54) is 11.3 Å². The Kier molecular flexibility index (Phi) is 7.93. The number of rotatable bonds is 8. The number of sulfonamides is 1. The van der Waals surface area contributed by atoms with Crippen LogP contribution < -0.4 is 4.90 Å². The van der Waals surface area contributed by atoms with E-state index in [2.05, 4.69) is 13.0 Å². The number of benzene rings is 3. The first-order valence-corrected chi connectivity index (χ1v) is 15.5. The Labute approximate surface area is 229 Å². The normalized spacial score (nSPS) is 16.5. The molecule has 1 aliphatic rings. The van der Waals surface area contributed by atoms with Gasteiger partial charge in [0, 0.05) is 18.2 Å². The number of carbonyl (C=O) groups is 1. The maximum atomic E-state index is 13.9. The van der Waals surface area contributed by atoms with Crippen LogP contribution in [0.25, 0.3) is 10.2 Å². The van der Waals surface area contributed by atoms with E-state index in [0.29, 0.717) is 23.8 Å². The van der Waals surface area contributed by atoms with Gasteiger partial charge in [-0.3, -0.25) is 9.69 Å². The van der Waals surface area contributed by atoms with Crippen LogP contribution in [0.15, 0.2) is 77.7 Å². The number of thiazole rings is 1. The summed E-state index contributed by atoms with van der Waals surface area (Å²) in [7, 11) is -3.61. The molecule has 198 valence electrons. The van der Waals surface area contributed by atoms with E-state index < -0.39 is 10.0 Å². The smallest absolute Gasteiger partial charge is 0.260 e. The average Bonchev–Trinajstić information content (AvgIpc) is 3.40. The van der Waals surface area contributed by atoms with Crippen LogP contribution >= 0.6 is 11.3 Å². The Balaban J connectivity index is 1.48. The SMILES string of the molecule is CCc1cccc2sc(N(Cc3ccccc3)C(=O)c3ccc(S(=O)(=O)N4CCCCC4CC)cc3)nc12. The van der Waals surface area contributed by atoms with Gasteiger partial charge < -0.3 is 0 Å². The van der Waals surface area contributed by atoms with Gasteiger partial charge in [0.25, 0.3) is 5.91 Å². The number of carbonyl (C=O) groups excluding carboxylic acids is 1. The second kappa shape index (κ2) is 11.4. The van der Waals surface area contributed by atoms with Crippen LogP contribution in [-0.4, -0.2) is 36.2 Å². The van der Waals surface area contributed by atoms with Crippen molar-refractivity contribution in [1.82, 2.24) is 9.29 Å². The summed E-state index contributed by atoms with van der Waals surface area (Å²) in [4.78, 5) is 20.7. The Morgan fingerprint density at radius 1 is 1.00 bits per heavy atom.